The van der Waals surface area contributed by atoms with Crippen LogP contribution in [-0.4, -0.2) is 25.5 Å². The SMILES string of the molecule is CC/C=C/C=C(/C)C=NC.CO. The highest BCUT2D eigenvalue weighted by molar-refractivity contribution is 5.77. The number of hydrogen-bond donors (Lipinski definition) is 1. The quantitative estimate of drug-likeness (QED) is 0.510. The Labute approximate surface area is 75.3 Å². The normalized spacial score (nSPS) is 11.9. The van der Waals surface area contributed by atoms with Gasteiger partial charge in [-0.3, -0.25) is 4.99 Å². The summed E-state index contributed by atoms with van der Waals surface area (Å²) in [6.07, 6.45) is 9.16. The Morgan fingerprint density at radius 1 is 1.42 bits per heavy atom. The van der Waals surface area contributed by atoms with Crippen molar-refractivity contribution in [2.24, 2.45) is 4.99 Å². The number of aliphatic hydroxyl groups excluding tert-OH is 1. The Morgan fingerprint density at radius 3 is 2.42 bits per heavy atom. The molecular formula is C10H19NO. The van der Waals surface area contributed by atoms with Crippen molar-refractivity contribution in [2.45, 2.75) is 20.3 Å². The van der Waals surface area contributed by atoms with Gasteiger partial charge < -0.3 is 5.11 Å². The Hall–Kier alpha value is -0.890. The van der Waals surface area contributed by atoms with Crippen LogP contribution in [0.5, 0.6) is 0 Å². The van der Waals surface area contributed by atoms with Crippen LogP contribution < -0.4 is 0 Å². The van der Waals surface area contributed by atoms with Gasteiger partial charge in [0.05, 0.1) is 0 Å². The number of nitrogens with zero attached hydrogens (tertiary/aromatic N) is 1. The van der Waals surface area contributed by atoms with Crippen LogP contribution in [0.1, 0.15) is 20.3 Å². The zero-order valence-electron chi connectivity index (χ0n) is 8.41. The van der Waals surface area contributed by atoms with Gasteiger partial charge in [-0.2, -0.15) is 0 Å². The van der Waals surface area contributed by atoms with E-state index in [1.54, 1.807) is 7.05 Å². The second-order valence-electron chi connectivity index (χ2n) is 2.13. The van der Waals surface area contributed by atoms with Crippen molar-refractivity contribution in [1.82, 2.24) is 0 Å². The summed E-state index contributed by atoms with van der Waals surface area (Å²) >= 11 is 0. The molecule has 1 N–H and O–H groups in total. The maximum Gasteiger partial charge on any atom is 0.0319 e. The van der Waals surface area contributed by atoms with Crippen molar-refractivity contribution in [3.8, 4) is 0 Å². The van der Waals surface area contributed by atoms with Crippen LogP contribution in [0.15, 0.2) is 28.8 Å². The van der Waals surface area contributed by atoms with Crippen LogP contribution in [0, 0.1) is 0 Å². The third-order valence-electron chi connectivity index (χ3n) is 1.06. The van der Waals surface area contributed by atoms with Crippen molar-refractivity contribution in [3.05, 3.63) is 23.8 Å². The smallest absolute Gasteiger partial charge is 0.0319 e. The summed E-state index contributed by atoms with van der Waals surface area (Å²) in [6, 6.07) is 0. The molecule has 0 atom stereocenters. The fourth-order valence-corrected chi connectivity index (χ4v) is 0.603. The van der Waals surface area contributed by atoms with E-state index in [1.807, 2.05) is 13.1 Å². The van der Waals surface area contributed by atoms with E-state index in [4.69, 9.17) is 5.11 Å². The van der Waals surface area contributed by atoms with Crippen molar-refractivity contribution >= 4 is 6.21 Å². The van der Waals surface area contributed by atoms with E-state index in [1.165, 1.54) is 5.57 Å². The zero-order chi connectivity index (χ0) is 9.82. The fourth-order valence-electron chi connectivity index (χ4n) is 0.603. The third-order valence-corrected chi connectivity index (χ3v) is 1.06. The second kappa shape index (κ2) is 12.8. The lowest BCUT2D eigenvalue weighted by Crippen LogP contribution is -1.73. The first-order valence-electron chi connectivity index (χ1n) is 4.01. The molecule has 0 spiro atoms. The molecule has 0 radical (unpaired) electrons. The van der Waals surface area contributed by atoms with E-state index < -0.39 is 0 Å². The first kappa shape index (κ1) is 13.7. The Bertz CT molecular complexity index is 157. The molecule has 0 bridgehead atoms. The molecule has 0 saturated heterocycles. The summed E-state index contributed by atoms with van der Waals surface area (Å²) in [7, 11) is 2.78. The number of aliphatic hydroxyl groups is 1. The number of hydrogen-bond acceptors (Lipinski definition) is 2. The van der Waals surface area contributed by atoms with E-state index in [9.17, 15) is 0 Å². The molecule has 0 rings (SSSR count). The molecule has 0 aromatic heterocycles. The maximum atomic E-state index is 7.00. The average molecular weight is 169 g/mol. The van der Waals surface area contributed by atoms with Crippen molar-refractivity contribution in [1.29, 1.82) is 0 Å². The van der Waals surface area contributed by atoms with Gasteiger partial charge in [0.1, 0.15) is 0 Å². The van der Waals surface area contributed by atoms with Gasteiger partial charge in [0, 0.05) is 20.4 Å². The van der Waals surface area contributed by atoms with Crippen LogP contribution >= 0.6 is 0 Å². The predicted molar refractivity (Wildman–Crippen MR) is 55.7 cm³/mol. The van der Waals surface area contributed by atoms with Gasteiger partial charge >= 0.3 is 0 Å². The van der Waals surface area contributed by atoms with Gasteiger partial charge in [-0.05, 0) is 18.9 Å². The van der Waals surface area contributed by atoms with Crippen LogP contribution in [-0.2, 0) is 0 Å². The van der Waals surface area contributed by atoms with E-state index >= 15 is 0 Å². The van der Waals surface area contributed by atoms with Crippen LogP contribution in [0.25, 0.3) is 0 Å². The summed E-state index contributed by atoms with van der Waals surface area (Å²) in [6.45, 7) is 4.15. The molecule has 2 heteroatoms. The molecular weight excluding hydrogens is 150 g/mol. The van der Waals surface area contributed by atoms with E-state index in [-0.39, 0.29) is 0 Å². The summed E-state index contributed by atoms with van der Waals surface area (Å²) < 4.78 is 0. The van der Waals surface area contributed by atoms with Gasteiger partial charge in [-0.15, -0.1) is 0 Å². The highest BCUT2D eigenvalue weighted by atomic mass is 16.2. The molecule has 0 aliphatic heterocycles. The maximum absolute atomic E-state index is 7.00. The molecule has 70 valence electrons. The van der Waals surface area contributed by atoms with Gasteiger partial charge in [-0.1, -0.05) is 25.2 Å². The Balaban J connectivity index is 0. The number of aliphatic imine (C=N–C) groups is 1. The Kier molecular flexibility index (Phi) is 14.5. The van der Waals surface area contributed by atoms with Crippen molar-refractivity contribution < 1.29 is 5.11 Å². The average Bonchev–Trinajstić information content (AvgIpc) is 2.09. The molecule has 0 aliphatic carbocycles. The minimum Gasteiger partial charge on any atom is -0.400 e. The molecule has 0 heterocycles. The molecule has 12 heavy (non-hydrogen) atoms. The van der Waals surface area contributed by atoms with Gasteiger partial charge in [0.25, 0.3) is 0 Å². The molecule has 0 aromatic rings. The minimum absolute atomic E-state index is 1.00. The highest BCUT2D eigenvalue weighted by Gasteiger charge is 1.75. The summed E-state index contributed by atoms with van der Waals surface area (Å²) in [4.78, 5) is 3.89. The largest absolute Gasteiger partial charge is 0.400 e. The molecule has 2 nitrogen and oxygen atoms in total. The zero-order valence-corrected chi connectivity index (χ0v) is 8.41. The number of allylic oxidation sites excluding steroid dienone is 4. The van der Waals surface area contributed by atoms with Crippen molar-refractivity contribution in [3.63, 3.8) is 0 Å². The third kappa shape index (κ3) is 11.9. The lowest BCUT2D eigenvalue weighted by molar-refractivity contribution is 0.399. The fraction of sp³-hybridized carbons (Fsp3) is 0.500. The van der Waals surface area contributed by atoms with E-state index in [2.05, 4.69) is 30.1 Å². The standard InChI is InChI=1S/C9H15N.CH4O/c1-4-5-6-7-9(2)8-10-3;1-2/h5-8H,4H2,1-3H3;2H,1H3/b6-5+,9-7-,10-8?;. The van der Waals surface area contributed by atoms with E-state index in [0.29, 0.717) is 0 Å². The lowest BCUT2D eigenvalue weighted by Gasteiger charge is -1.84. The molecule has 0 aromatic carbocycles. The monoisotopic (exact) mass is 169 g/mol. The molecule has 0 fully saturated rings. The molecule has 0 amide bonds. The summed E-state index contributed by atoms with van der Waals surface area (Å²) in [5, 5.41) is 7.00. The van der Waals surface area contributed by atoms with Crippen LogP contribution in [0.2, 0.25) is 0 Å². The summed E-state index contributed by atoms with van der Waals surface area (Å²) in [5.41, 5.74) is 1.19. The lowest BCUT2D eigenvalue weighted by atomic mass is 10.3. The van der Waals surface area contributed by atoms with Gasteiger partial charge in [0.15, 0.2) is 0 Å². The Morgan fingerprint density at radius 2 is 2.00 bits per heavy atom. The molecule has 0 saturated carbocycles. The van der Waals surface area contributed by atoms with Crippen molar-refractivity contribution in [2.75, 3.05) is 14.2 Å². The van der Waals surface area contributed by atoms with E-state index in [0.717, 1.165) is 13.5 Å². The van der Waals surface area contributed by atoms with Crippen LogP contribution in [0.4, 0.5) is 0 Å². The summed E-state index contributed by atoms with van der Waals surface area (Å²) in [5.74, 6) is 0. The first-order valence-corrected chi connectivity index (χ1v) is 4.01. The predicted octanol–water partition coefficient (Wildman–Crippen LogP) is 2.21. The molecule has 0 aliphatic rings. The second-order valence-corrected chi connectivity index (χ2v) is 2.13. The number of rotatable bonds is 3. The molecule has 0 unspecified atom stereocenters. The highest BCUT2D eigenvalue weighted by Crippen LogP contribution is 1.89. The van der Waals surface area contributed by atoms with Crippen LogP contribution in [0.3, 0.4) is 0 Å². The minimum atomic E-state index is 1.00. The topological polar surface area (TPSA) is 32.6 Å². The first-order chi connectivity index (χ1) is 5.81. The van der Waals surface area contributed by atoms with Gasteiger partial charge in [0.2, 0.25) is 0 Å². The van der Waals surface area contributed by atoms with Gasteiger partial charge in [-0.25, -0.2) is 0 Å².